The van der Waals surface area contributed by atoms with Crippen LogP contribution in [0, 0.1) is 0 Å². The fourth-order valence-electron chi connectivity index (χ4n) is 3.09. The molecule has 1 aromatic carbocycles. The molecule has 1 aromatic heterocycles. The molecule has 4 rings (SSSR count). The molecule has 2 atom stereocenters. The Morgan fingerprint density at radius 1 is 1.14 bits per heavy atom. The van der Waals surface area contributed by atoms with Crippen molar-refractivity contribution in [3.8, 4) is 11.5 Å². The maximum absolute atomic E-state index is 5.91. The van der Waals surface area contributed by atoms with Crippen LogP contribution in [0.25, 0.3) is 11.5 Å². The standard InChI is InChI=1S/C16H19N3O3/c1-10-6-19(2)7-14(21-10)16-18-17-15(22-16)11-3-4-12-8-20-9-13(12)5-11/h3-5,10,14H,6-9H2,1-2H3/t10-,14-/m1/s1. The van der Waals surface area contributed by atoms with E-state index in [1.54, 1.807) is 0 Å². The molecule has 0 aliphatic carbocycles. The van der Waals surface area contributed by atoms with Crippen LogP contribution < -0.4 is 0 Å². The Labute approximate surface area is 129 Å². The second kappa shape index (κ2) is 5.46. The third kappa shape index (κ3) is 2.54. The zero-order chi connectivity index (χ0) is 15.1. The lowest BCUT2D eigenvalue weighted by Gasteiger charge is -2.32. The predicted octanol–water partition coefficient (Wildman–Crippen LogP) is 2.16. The third-order valence-corrected chi connectivity index (χ3v) is 4.13. The van der Waals surface area contributed by atoms with Gasteiger partial charge in [0.1, 0.15) is 6.10 Å². The number of hydrogen-bond donors (Lipinski definition) is 0. The maximum Gasteiger partial charge on any atom is 0.247 e. The summed E-state index contributed by atoms with van der Waals surface area (Å²) in [6.07, 6.45) is 0.00371. The summed E-state index contributed by atoms with van der Waals surface area (Å²) in [6.45, 7) is 5.08. The van der Waals surface area contributed by atoms with Crippen molar-refractivity contribution >= 4 is 0 Å². The minimum absolute atomic E-state index is 0.159. The minimum Gasteiger partial charge on any atom is -0.418 e. The van der Waals surface area contributed by atoms with Gasteiger partial charge in [0.15, 0.2) is 0 Å². The average Bonchev–Trinajstić information content (AvgIpc) is 3.14. The number of rotatable bonds is 2. The van der Waals surface area contributed by atoms with Crippen molar-refractivity contribution in [3.05, 3.63) is 35.2 Å². The molecule has 0 N–H and O–H groups in total. The Balaban J connectivity index is 1.59. The number of likely N-dealkylation sites (N-methyl/N-ethyl adjacent to an activating group) is 1. The predicted molar refractivity (Wildman–Crippen MR) is 79.0 cm³/mol. The first-order valence-electron chi connectivity index (χ1n) is 7.56. The fraction of sp³-hybridized carbons (Fsp3) is 0.500. The maximum atomic E-state index is 5.91. The van der Waals surface area contributed by atoms with E-state index in [-0.39, 0.29) is 12.2 Å². The highest BCUT2D eigenvalue weighted by Gasteiger charge is 2.28. The van der Waals surface area contributed by atoms with Crippen LogP contribution in [0.3, 0.4) is 0 Å². The molecule has 0 unspecified atom stereocenters. The van der Waals surface area contributed by atoms with E-state index in [4.69, 9.17) is 13.9 Å². The Morgan fingerprint density at radius 3 is 2.86 bits per heavy atom. The van der Waals surface area contributed by atoms with Gasteiger partial charge in [-0.25, -0.2) is 0 Å². The SMILES string of the molecule is C[C@@H]1CN(C)C[C@H](c2nnc(-c3ccc4c(c3)COC4)o2)O1. The van der Waals surface area contributed by atoms with Crippen LogP contribution in [-0.4, -0.2) is 41.3 Å². The lowest BCUT2D eigenvalue weighted by molar-refractivity contribution is -0.0821. The van der Waals surface area contributed by atoms with Gasteiger partial charge in [0.2, 0.25) is 11.8 Å². The summed E-state index contributed by atoms with van der Waals surface area (Å²) in [5.74, 6) is 1.08. The van der Waals surface area contributed by atoms with Crippen LogP contribution in [0.15, 0.2) is 22.6 Å². The molecule has 3 heterocycles. The van der Waals surface area contributed by atoms with Gasteiger partial charge in [-0.1, -0.05) is 6.07 Å². The van der Waals surface area contributed by atoms with E-state index >= 15 is 0 Å². The largest absolute Gasteiger partial charge is 0.418 e. The molecule has 2 aliphatic rings. The summed E-state index contributed by atoms with van der Waals surface area (Å²) in [6, 6.07) is 6.13. The van der Waals surface area contributed by atoms with E-state index in [9.17, 15) is 0 Å². The van der Waals surface area contributed by atoms with Crippen LogP contribution >= 0.6 is 0 Å². The number of morpholine rings is 1. The zero-order valence-corrected chi connectivity index (χ0v) is 12.8. The number of fused-ring (bicyclic) bond motifs is 1. The highest BCUT2D eigenvalue weighted by molar-refractivity contribution is 5.55. The quantitative estimate of drug-likeness (QED) is 0.847. The third-order valence-electron chi connectivity index (χ3n) is 4.13. The van der Waals surface area contributed by atoms with Crippen LogP contribution in [0.4, 0.5) is 0 Å². The molecule has 22 heavy (non-hydrogen) atoms. The summed E-state index contributed by atoms with van der Waals surface area (Å²) in [5, 5.41) is 8.36. The van der Waals surface area contributed by atoms with Gasteiger partial charge in [-0.2, -0.15) is 0 Å². The zero-order valence-electron chi connectivity index (χ0n) is 12.8. The minimum atomic E-state index is -0.159. The van der Waals surface area contributed by atoms with Gasteiger partial charge >= 0.3 is 0 Å². The van der Waals surface area contributed by atoms with Crippen molar-refractivity contribution in [2.45, 2.75) is 32.3 Å². The van der Waals surface area contributed by atoms with Crippen molar-refractivity contribution in [1.82, 2.24) is 15.1 Å². The molecule has 0 amide bonds. The first-order chi connectivity index (χ1) is 10.7. The molecule has 0 spiro atoms. The van der Waals surface area contributed by atoms with E-state index in [1.807, 2.05) is 6.07 Å². The van der Waals surface area contributed by atoms with E-state index < -0.39 is 0 Å². The molecule has 2 aliphatic heterocycles. The second-order valence-electron chi connectivity index (χ2n) is 6.08. The molecule has 0 radical (unpaired) electrons. The molecule has 6 nitrogen and oxygen atoms in total. The van der Waals surface area contributed by atoms with Gasteiger partial charge in [-0.15, -0.1) is 10.2 Å². The van der Waals surface area contributed by atoms with Gasteiger partial charge in [-0.3, -0.25) is 0 Å². The van der Waals surface area contributed by atoms with Crippen molar-refractivity contribution in [3.63, 3.8) is 0 Å². The van der Waals surface area contributed by atoms with Crippen LogP contribution in [-0.2, 0) is 22.7 Å². The summed E-state index contributed by atoms with van der Waals surface area (Å²) in [4.78, 5) is 2.22. The Hall–Kier alpha value is -1.76. The van der Waals surface area contributed by atoms with Crippen LogP contribution in [0.1, 0.15) is 30.0 Å². The lowest BCUT2D eigenvalue weighted by atomic mass is 10.1. The smallest absolute Gasteiger partial charge is 0.247 e. The van der Waals surface area contributed by atoms with E-state index in [0.29, 0.717) is 25.0 Å². The molecule has 1 saturated heterocycles. The Morgan fingerprint density at radius 2 is 2.00 bits per heavy atom. The van der Waals surface area contributed by atoms with Gasteiger partial charge in [0.25, 0.3) is 0 Å². The van der Waals surface area contributed by atoms with Gasteiger partial charge < -0.3 is 18.8 Å². The highest BCUT2D eigenvalue weighted by Crippen LogP contribution is 2.29. The average molecular weight is 301 g/mol. The number of benzene rings is 1. The van der Waals surface area contributed by atoms with Gasteiger partial charge in [-0.05, 0) is 37.2 Å². The highest BCUT2D eigenvalue weighted by atomic mass is 16.5. The Kier molecular flexibility index (Phi) is 3.44. The van der Waals surface area contributed by atoms with Crippen molar-refractivity contribution in [1.29, 1.82) is 0 Å². The summed E-state index contributed by atoms with van der Waals surface area (Å²) in [7, 11) is 2.07. The van der Waals surface area contributed by atoms with Crippen molar-refractivity contribution in [2.24, 2.45) is 0 Å². The normalized spacial score (nSPS) is 25.4. The first-order valence-corrected chi connectivity index (χ1v) is 7.56. The molecule has 2 aromatic rings. The van der Waals surface area contributed by atoms with Gasteiger partial charge in [0, 0.05) is 18.7 Å². The molecule has 6 heteroatoms. The fourth-order valence-corrected chi connectivity index (χ4v) is 3.09. The monoisotopic (exact) mass is 301 g/mol. The first kappa shape index (κ1) is 13.9. The second-order valence-corrected chi connectivity index (χ2v) is 6.08. The van der Waals surface area contributed by atoms with E-state index in [2.05, 4.69) is 41.2 Å². The Bertz CT molecular complexity index is 675. The summed E-state index contributed by atoms with van der Waals surface area (Å²) >= 11 is 0. The molecule has 116 valence electrons. The molecular formula is C16H19N3O3. The van der Waals surface area contributed by atoms with Crippen LogP contribution in [0.5, 0.6) is 0 Å². The molecular weight excluding hydrogens is 282 g/mol. The molecule has 0 saturated carbocycles. The number of hydrogen-bond acceptors (Lipinski definition) is 6. The van der Waals surface area contributed by atoms with E-state index in [0.717, 1.165) is 18.7 Å². The summed E-state index contributed by atoms with van der Waals surface area (Å²) < 4.78 is 17.2. The summed E-state index contributed by atoms with van der Waals surface area (Å²) in [5.41, 5.74) is 3.36. The van der Waals surface area contributed by atoms with Gasteiger partial charge in [0.05, 0.1) is 19.3 Å². The van der Waals surface area contributed by atoms with Crippen LogP contribution in [0.2, 0.25) is 0 Å². The number of nitrogens with zero attached hydrogens (tertiary/aromatic N) is 3. The lowest BCUT2D eigenvalue weighted by Crippen LogP contribution is -2.40. The van der Waals surface area contributed by atoms with E-state index in [1.165, 1.54) is 11.1 Å². The topological polar surface area (TPSA) is 60.6 Å². The number of ether oxygens (including phenoxy) is 2. The molecule has 0 bridgehead atoms. The van der Waals surface area contributed by atoms with Crippen molar-refractivity contribution in [2.75, 3.05) is 20.1 Å². The number of aromatic nitrogens is 2. The molecule has 1 fully saturated rings. The van der Waals surface area contributed by atoms with Crippen molar-refractivity contribution < 1.29 is 13.9 Å².